The Bertz CT molecular complexity index is 356. The zero-order valence-electron chi connectivity index (χ0n) is 6.69. The second-order valence-electron chi connectivity index (χ2n) is 3.13. The lowest BCUT2D eigenvalue weighted by atomic mass is 9.96. The van der Waals surface area contributed by atoms with Crippen LogP contribution in [0.1, 0.15) is 24.1 Å². The first-order valence-electron chi connectivity index (χ1n) is 4.18. The Kier molecular flexibility index (Phi) is 2.05. The number of aromatic amines is 1. The van der Waals surface area contributed by atoms with Crippen molar-refractivity contribution in [3.8, 4) is 0 Å². The maximum atomic E-state index is 11.5. The molecule has 0 aliphatic heterocycles. The third kappa shape index (κ3) is 1.22. The van der Waals surface area contributed by atoms with Crippen molar-refractivity contribution in [1.29, 1.82) is 0 Å². The van der Waals surface area contributed by atoms with E-state index >= 15 is 0 Å². The van der Waals surface area contributed by atoms with Gasteiger partial charge in [-0.05, 0) is 41.6 Å². The van der Waals surface area contributed by atoms with Crippen molar-refractivity contribution in [2.75, 3.05) is 0 Å². The summed E-state index contributed by atoms with van der Waals surface area (Å²) in [6, 6.07) is 0. The normalized spacial score (nSPS) is 15.8. The van der Waals surface area contributed by atoms with Gasteiger partial charge in [-0.15, -0.1) is 0 Å². The number of halogens is 1. The van der Waals surface area contributed by atoms with Crippen molar-refractivity contribution in [2.24, 2.45) is 0 Å². The van der Waals surface area contributed by atoms with E-state index in [-0.39, 0.29) is 5.43 Å². The number of aromatic nitrogens is 1. The van der Waals surface area contributed by atoms with Crippen molar-refractivity contribution in [1.82, 2.24) is 4.98 Å². The molecule has 0 fully saturated rings. The summed E-state index contributed by atoms with van der Waals surface area (Å²) >= 11 is 3.23. The van der Waals surface area contributed by atoms with Gasteiger partial charge in [0.05, 0.1) is 4.47 Å². The predicted octanol–water partition coefficient (Wildman–Crippen LogP) is 2.02. The molecule has 2 rings (SSSR count). The molecule has 0 amide bonds. The highest BCUT2D eigenvalue weighted by molar-refractivity contribution is 9.10. The van der Waals surface area contributed by atoms with Gasteiger partial charge in [0.25, 0.3) is 0 Å². The molecule has 0 saturated heterocycles. The maximum absolute atomic E-state index is 11.5. The van der Waals surface area contributed by atoms with Gasteiger partial charge >= 0.3 is 0 Å². The summed E-state index contributed by atoms with van der Waals surface area (Å²) in [5.41, 5.74) is 2.29. The summed E-state index contributed by atoms with van der Waals surface area (Å²) in [6.45, 7) is 0. The molecule has 0 atom stereocenters. The topological polar surface area (TPSA) is 32.9 Å². The number of H-pyrrole nitrogens is 1. The van der Waals surface area contributed by atoms with Crippen LogP contribution in [0.15, 0.2) is 15.5 Å². The number of rotatable bonds is 0. The molecule has 1 aromatic heterocycles. The van der Waals surface area contributed by atoms with Crippen LogP contribution in [-0.2, 0) is 12.8 Å². The van der Waals surface area contributed by atoms with Crippen LogP contribution in [-0.4, -0.2) is 4.98 Å². The summed E-state index contributed by atoms with van der Waals surface area (Å²) in [5, 5.41) is 0. The number of nitrogens with one attached hydrogen (secondary N) is 1. The molecule has 2 nitrogen and oxygen atoms in total. The van der Waals surface area contributed by atoms with Crippen LogP contribution in [0.3, 0.4) is 0 Å². The summed E-state index contributed by atoms with van der Waals surface area (Å²) in [6.07, 6.45) is 6.05. The quantitative estimate of drug-likeness (QED) is 0.723. The minimum Gasteiger partial charge on any atom is -0.363 e. The highest BCUT2D eigenvalue weighted by Crippen LogP contribution is 2.17. The Morgan fingerprint density at radius 3 is 2.92 bits per heavy atom. The standard InChI is InChI=1S/C9H10BrNO/c10-7-5-11-8-4-2-1-3-6(8)9(7)12/h5H,1-4H2,(H,11,12). The van der Waals surface area contributed by atoms with Crippen molar-refractivity contribution < 1.29 is 0 Å². The Morgan fingerprint density at radius 1 is 1.33 bits per heavy atom. The van der Waals surface area contributed by atoms with E-state index in [0.717, 1.165) is 30.5 Å². The number of aryl methyl sites for hydroxylation is 1. The molecule has 1 N–H and O–H groups in total. The van der Waals surface area contributed by atoms with Gasteiger partial charge in [0, 0.05) is 17.5 Å². The average Bonchev–Trinajstić information content (AvgIpc) is 2.12. The van der Waals surface area contributed by atoms with Gasteiger partial charge in [-0.25, -0.2) is 0 Å². The molecule has 1 aliphatic rings. The van der Waals surface area contributed by atoms with Crippen LogP contribution in [0, 0.1) is 0 Å². The van der Waals surface area contributed by atoms with Gasteiger partial charge in [-0.2, -0.15) is 0 Å². The number of hydrogen-bond donors (Lipinski definition) is 1. The van der Waals surface area contributed by atoms with Gasteiger partial charge in [-0.1, -0.05) is 0 Å². The minimum absolute atomic E-state index is 0.170. The molecule has 64 valence electrons. The Balaban J connectivity index is 2.62. The monoisotopic (exact) mass is 227 g/mol. The van der Waals surface area contributed by atoms with E-state index < -0.39 is 0 Å². The first kappa shape index (κ1) is 8.05. The largest absolute Gasteiger partial charge is 0.363 e. The summed E-state index contributed by atoms with van der Waals surface area (Å²) in [4.78, 5) is 14.7. The highest BCUT2D eigenvalue weighted by atomic mass is 79.9. The molecule has 0 aromatic carbocycles. The van der Waals surface area contributed by atoms with E-state index in [0.29, 0.717) is 4.47 Å². The third-order valence-corrected chi connectivity index (χ3v) is 2.92. The molecule has 1 heterocycles. The lowest BCUT2D eigenvalue weighted by Crippen LogP contribution is -2.18. The minimum atomic E-state index is 0.170. The lowest BCUT2D eigenvalue weighted by molar-refractivity contribution is 0.663. The Hall–Kier alpha value is -0.570. The third-order valence-electron chi connectivity index (χ3n) is 2.33. The van der Waals surface area contributed by atoms with Crippen LogP contribution in [0.25, 0.3) is 0 Å². The number of hydrogen-bond acceptors (Lipinski definition) is 1. The van der Waals surface area contributed by atoms with E-state index in [1.807, 2.05) is 0 Å². The highest BCUT2D eigenvalue weighted by Gasteiger charge is 2.13. The second kappa shape index (κ2) is 3.05. The maximum Gasteiger partial charge on any atom is 0.199 e. The first-order chi connectivity index (χ1) is 5.79. The smallest absolute Gasteiger partial charge is 0.199 e. The van der Waals surface area contributed by atoms with E-state index in [4.69, 9.17) is 0 Å². The summed E-state index contributed by atoms with van der Waals surface area (Å²) in [7, 11) is 0. The zero-order chi connectivity index (χ0) is 8.55. The molecule has 0 saturated carbocycles. The predicted molar refractivity (Wildman–Crippen MR) is 51.4 cm³/mol. The van der Waals surface area contributed by atoms with Crippen molar-refractivity contribution in [3.63, 3.8) is 0 Å². The van der Waals surface area contributed by atoms with Gasteiger partial charge < -0.3 is 4.98 Å². The van der Waals surface area contributed by atoms with Gasteiger partial charge in [0.1, 0.15) is 0 Å². The second-order valence-corrected chi connectivity index (χ2v) is 3.98. The van der Waals surface area contributed by atoms with Crippen LogP contribution >= 0.6 is 15.9 Å². The molecule has 0 radical (unpaired) electrons. The molecule has 0 spiro atoms. The fourth-order valence-electron chi connectivity index (χ4n) is 1.68. The van der Waals surface area contributed by atoms with E-state index in [1.54, 1.807) is 6.20 Å². The molecule has 1 aromatic rings. The van der Waals surface area contributed by atoms with Crippen LogP contribution in [0.5, 0.6) is 0 Å². The van der Waals surface area contributed by atoms with Gasteiger partial charge in [0.2, 0.25) is 0 Å². The zero-order valence-corrected chi connectivity index (χ0v) is 8.28. The molecular weight excluding hydrogens is 218 g/mol. The Labute approximate surface area is 79.1 Å². The lowest BCUT2D eigenvalue weighted by Gasteiger charge is -2.13. The summed E-state index contributed by atoms with van der Waals surface area (Å²) < 4.78 is 0.656. The molecule has 3 heteroatoms. The SMILES string of the molecule is O=c1c(Br)c[nH]c2c1CCCC2. The molecule has 1 aliphatic carbocycles. The van der Waals surface area contributed by atoms with Crippen LogP contribution < -0.4 is 5.43 Å². The van der Waals surface area contributed by atoms with Gasteiger partial charge in [-0.3, -0.25) is 4.79 Å². The molecule has 0 bridgehead atoms. The molecular formula is C9H10BrNO. The van der Waals surface area contributed by atoms with Crippen molar-refractivity contribution in [2.45, 2.75) is 25.7 Å². The first-order valence-corrected chi connectivity index (χ1v) is 4.97. The fourth-order valence-corrected chi connectivity index (χ4v) is 2.03. The van der Waals surface area contributed by atoms with E-state index in [2.05, 4.69) is 20.9 Å². The van der Waals surface area contributed by atoms with E-state index in [1.165, 1.54) is 6.42 Å². The summed E-state index contributed by atoms with van der Waals surface area (Å²) in [5.74, 6) is 0. The van der Waals surface area contributed by atoms with Crippen LogP contribution in [0.2, 0.25) is 0 Å². The van der Waals surface area contributed by atoms with E-state index in [9.17, 15) is 4.79 Å². The number of pyridine rings is 1. The van der Waals surface area contributed by atoms with Gasteiger partial charge in [0.15, 0.2) is 5.43 Å². The average molecular weight is 228 g/mol. The van der Waals surface area contributed by atoms with Crippen molar-refractivity contribution in [3.05, 3.63) is 32.2 Å². The molecule has 0 unspecified atom stereocenters. The van der Waals surface area contributed by atoms with Crippen LogP contribution in [0.4, 0.5) is 0 Å². The number of fused-ring (bicyclic) bond motifs is 1. The molecule has 12 heavy (non-hydrogen) atoms. The fraction of sp³-hybridized carbons (Fsp3) is 0.444. The Morgan fingerprint density at radius 2 is 2.08 bits per heavy atom. The van der Waals surface area contributed by atoms with Crippen molar-refractivity contribution >= 4 is 15.9 Å².